The monoisotopic (exact) mass is 628 g/mol. The van der Waals surface area contributed by atoms with Gasteiger partial charge in [0.25, 0.3) is 0 Å². The molecule has 0 bridgehead atoms. The Morgan fingerprint density at radius 3 is 2.45 bits per heavy atom. The van der Waals surface area contributed by atoms with Crippen molar-refractivity contribution in [1.29, 1.82) is 0 Å². The van der Waals surface area contributed by atoms with Crippen LogP contribution >= 0.6 is 12.2 Å². The third-order valence-electron chi connectivity index (χ3n) is 5.23. The van der Waals surface area contributed by atoms with Gasteiger partial charge in [0.05, 0.1) is 0 Å². The van der Waals surface area contributed by atoms with Crippen LogP contribution in [0.25, 0.3) is 0 Å². The third-order valence-corrected chi connectivity index (χ3v) is 5.45. The fourth-order valence-corrected chi connectivity index (χ4v) is 3.65. The molecule has 1 amide bonds. The summed E-state index contributed by atoms with van der Waals surface area (Å²) in [4.78, 5) is 28.9. The fraction of sp³-hybridized carbons (Fsp3) is 0.348. The van der Waals surface area contributed by atoms with Crippen LogP contribution in [0.2, 0.25) is 0 Å². The van der Waals surface area contributed by atoms with E-state index in [4.69, 9.17) is 12.2 Å². The first kappa shape index (κ1) is 23.9. The van der Waals surface area contributed by atoms with Crippen molar-refractivity contribution in [2.45, 2.75) is 19.8 Å². The summed E-state index contributed by atoms with van der Waals surface area (Å²) in [5, 5.41) is 0. The Balaban J connectivity index is 0.00000300. The zero-order valence-corrected chi connectivity index (χ0v) is 21.0. The van der Waals surface area contributed by atoms with E-state index in [1.165, 1.54) is 4.90 Å². The van der Waals surface area contributed by atoms with E-state index in [-0.39, 0.29) is 47.6 Å². The number of carbonyl (C=O) groups excluding carboxylic acids is 2. The van der Waals surface area contributed by atoms with Gasteiger partial charge in [0.15, 0.2) is 11.7 Å². The van der Waals surface area contributed by atoms with E-state index in [1.807, 2.05) is 37.3 Å². The number of carbonyl (C=O) groups is 2. The van der Waals surface area contributed by atoms with Crippen molar-refractivity contribution in [3.05, 3.63) is 71.3 Å². The number of Topliss-reactive ketones (excluding diaryl/α,β-unsaturated/α-hetero) is 1. The molecule has 6 heteroatoms. The van der Waals surface area contributed by atoms with Crippen molar-refractivity contribution >= 4 is 29.4 Å². The molecule has 0 spiro atoms. The average Bonchev–Trinajstić information content (AvgIpc) is 2.75. The molecule has 0 unspecified atom stereocenters. The van der Waals surface area contributed by atoms with Gasteiger partial charge >= 0.3 is 0 Å². The standard InChI is InChI=1S/C23H24N2O2S.Np/c1-18-7-9-19(10-8-18)22(26)20-11-13-24(14-12-20)15-16-25(17-28)23(27)21-5-3-2-4-6-21;/h2-5,7-10,20H,11-16H2,1H3;/q-2;. The van der Waals surface area contributed by atoms with Crippen LogP contribution in [0.1, 0.15) is 39.1 Å². The van der Waals surface area contributed by atoms with Gasteiger partial charge < -0.3 is 14.6 Å². The number of ketones is 1. The molecule has 1 fully saturated rings. The van der Waals surface area contributed by atoms with Gasteiger partial charge in [0.2, 0.25) is 0 Å². The Morgan fingerprint density at radius 1 is 1.17 bits per heavy atom. The number of rotatable bonds is 7. The van der Waals surface area contributed by atoms with E-state index >= 15 is 0 Å². The molecule has 2 aromatic carbocycles. The maximum atomic E-state index is 12.7. The van der Waals surface area contributed by atoms with Gasteiger partial charge in [-0.2, -0.15) is 0 Å². The molecule has 0 atom stereocenters. The second-order valence-electron chi connectivity index (χ2n) is 7.17. The maximum absolute atomic E-state index is 12.7. The minimum Gasteiger partial charge on any atom is -0.429 e. The molecule has 151 valence electrons. The van der Waals surface area contributed by atoms with Crippen molar-refractivity contribution in [2.75, 3.05) is 26.2 Å². The van der Waals surface area contributed by atoms with E-state index in [9.17, 15) is 9.59 Å². The van der Waals surface area contributed by atoms with Crippen LogP contribution in [0.3, 0.4) is 0 Å². The number of likely N-dealkylation sites (tertiary alicyclic amines) is 1. The number of nitrogens with zero attached hydrogens (tertiary/aromatic N) is 2. The smallest absolute Gasteiger partial charge is 0.166 e. The number of amides is 1. The van der Waals surface area contributed by atoms with Crippen LogP contribution in [-0.4, -0.2) is 53.2 Å². The minimum atomic E-state index is -0.181. The van der Waals surface area contributed by atoms with Crippen LogP contribution in [-0.2, 0) is 0 Å². The Labute approximate surface area is 200 Å². The van der Waals surface area contributed by atoms with Crippen LogP contribution in [0.5, 0.6) is 0 Å². The molecule has 29 heavy (non-hydrogen) atoms. The predicted molar refractivity (Wildman–Crippen MR) is 114 cm³/mol. The van der Waals surface area contributed by atoms with E-state index < -0.39 is 0 Å². The molecule has 3 rings (SSSR count). The summed E-state index contributed by atoms with van der Waals surface area (Å²) < 4.78 is 0. The molecular formula is C23H24N2NpO2S-2. The average molecular weight is 630 g/mol. The van der Waals surface area contributed by atoms with Gasteiger partial charge in [-0.25, -0.2) is 12.2 Å². The Morgan fingerprint density at radius 2 is 1.86 bits per heavy atom. The first-order chi connectivity index (χ1) is 13.6. The molecule has 0 aromatic heterocycles. The predicted octanol–water partition coefficient (Wildman–Crippen LogP) is 3.67. The Bertz CT molecular complexity index is 819. The third kappa shape index (κ3) is 6.57. The first-order valence-electron chi connectivity index (χ1n) is 9.58. The second-order valence-corrected chi connectivity index (χ2v) is 7.35. The van der Waals surface area contributed by atoms with Crippen LogP contribution in [0.15, 0.2) is 48.5 Å². The summed E-state index contributed by atoms with van der Waals surface area (Å²) in [7, 11) is 0. The van der Waals surface area contributed by atoms with Crippen LogP contribution in [0, 0.1) is 48.9 Å². The number of thiocarbonyl (C=S) groups is 1. The Hall–Kier alpha value is -1.36. The number of hydrogen-bond acceptors (Lipinski definition) is 4. The number of benzene rings is 2. The van der Waals surface area contributed by atoms with Gasteiger partial charge in [-0.15, -0.1) is 30.3 Å². The normalized spacial score (nSPS) is 14.7. The van der Waals surface area contributed by atoms with Gasteiger partial charge in [-0.1, -0.05) is 40.9 Å². The van der Waals surface area contributed by atoms with E-state index in [0.29, 0.717) is 18.7 Å². The molecule has 0 saturated carbocycles. The Kier molecular flexibility index (Phi) is 9.68. The fourth-order valence-electron chi connectivity index (χ4n) is 3.47. The van der Waals surface area contributed by atoms with E-state index in [2.05, 4.69) is 16.5 Å². The number of piperidine rings is 1. The zero-order chi connectivity index (χ0) is 19.9. The molecule has 0 N–H and O–H groups in total. The largest absolute Gasteiger partial charge is 0.429 e. The van der Waals surface area contributed by atoms with Gasteiger partial charge in [0, 0.05) is 54.5 Å². The minimum absolute atomic E-state index is 0. The van der Waals surface area contributed by atoms with Gasteiger partial charge in [0.1, 0.15) is 0 Å². The summed E-state index contributed by atoms with van der Waals surface area (Å²) in [6.07, 6.45) is 1.68. The zero-order valence-electron chi connectivity index (χ0n) is 16.5. The molecule has 4 nitrogen and oxygen atoms in total. The van der Waals surface area contributed by atoms with Crippen molar-refractivity contribution in [1.82, 2.24) is 9.80 Å². The summed E-state index contributed by atoms with van der Waals surface area (Å²) >= 11 is 4.91. The topological polar surface area (TPSA) is 40.6 Å². The summed E-state index contributed by atoms with van der Waals surface area (Å²) in [6.45, 7) is 4.92. The van der Waals surface area contributed by atoms with E-state index in [1.54, 1.807) is 18.2 Å². The SMILES string of the molecule is Cc1ccc(C(=O)C2CCN(CCN([C-]=S)C(=O)c3[c-]cccc3)CC2)cc1.[Np]. The molecular weight excluding hydrogens is 605 g/mol. The molecule has 2 aromatic rings. The van der Waals surface area contributed by atoms with Crippen molar-refractivity contribution in [3.63, 3.8) is 0 Å². The van der Waals surface area contributed by atoms with E-state index in [0.717, 1.165) is 37.1 Å². The first-order valence-corrected chi connectivity index (χ1v) is 9.99. The van der Waals surface area contributed by atoms with Crippen molar-refractivity contribution in [2.24, 2.45) is 5.92 Å². The second kappa shape index (κ2) is 11.7. The van der Waals surface area contributed by atoms with Crippen molar-refractivity contribution < 1.29 is 39.5 Å². The quantitative estimate of drug-likeness (QED) is 0.203. The molecule has 1 radical (unpaired) electrons. The molecule has 1 aliphatic heterocycles. The molecule has 1 saturated heterocycles. The number of aryl methyl sites for hydroxylation is 1. The maximum Gasteiger partial charge on any atom is 0.166 e. The molecule has 0 aliphatic carbocycles. The van der Waals surface area contributed by atoms with Crippen LogP contribution < -0.4 is 0 Å². The van der Waals surface area contributed by atoms with Crippen molar-refractivity contribution in [3.8, 4) is 0 Å². The van der Waals surface area contributed by atoms with Gasteiger partial charge in [-0.3, -0.25) is 4.79 Å². The number of hydrogen-bond donors (Lipinski definition) is 0. The molecule has 1 heterocycles. The van der Waals surface area contributed by atoms with Gasteiger partial charge in [-0.05, 0) is 32.9 Å². The molecule has 1 aliphatic rings. The summed E-state index contributed by atoms with van der Waals surface area (Å²) in [6, 6.07) is 17.8. The summed E-state index contributed by atoms with van der Waals surface area (Å²) in [5.74, 6) is 0.135. The van der Waals surface area contributed by atoms with Crippen LogP contribution in [0.4, 0.5) is 0 Å². The summed E-state index contributed by atoms with van der Waals surface area (Å²) in [5.41, 5.74) is 5.01.